The quantitative estimate of drug-likeness (QED) is 0.892. The molecule has 3 rings (SSSR count). The number of pyridine rings is 1. The number of aryl methyl sites for hydroxylation is 1. The van der Waals surface area contributed by atoms with Crippen molar-refractivity contribution in [2.24, 2.45) is 0 Å². The van der Waals surface area contributed by atoms with Crippen LogP contribution in [-0.4, -0.2) is 14.1 Å². The summed E-state index contributed by atoms with van der Waals surface area (Å²) in [6.07, 6.45) is 8.18. The minimum Gasteiger partial charge on any atom is -0.378 e. The van der Waals surface area contributed by atoms with Gasteiger partial charge in [-0.1, -0.05) is 0 Å². The summed E-state index contributed by atoms with van der Waals surface area (Å²) in [6.45, 7) is 3.39. The molecule has 0 spiro atoms. The first-order chi connectivity index (χ1) is 9.28. The summed E-state index contributed by atoms with van der Waals surface area (Å²) in [5.41, 5.74) is 2.19. The molecule has 1 N–H and O–H groups in total. The highest BCUT2D eigenvalue weighted by molar-refractivity contribution is 5.40. The van der Waals surface area contributed by atoms with E-state index in [1.54, 1.807) is 10.6 Å². The normalized spacial score (nSPS) is 14.6. The van der Waals surface area contributed by atoms with Crippen molar-refractivity contribution in [1.29, 1.82) is 0 Å². The molecule has 1 saturated carbocycles. The van der Waals surface area contributed by atoms with E-state index in [2.05, 4.69) is 14.9 Å². The Labute approximate surface area is 111 Å². The zero-order valence-electron chi connectivity index (χ0n) is 11.0. The van der Waals surface area contributed by atoms with Gasteiger partial charge in [-0.3, -0.25) is 4.79 Å². The lowest BCUT2D eigenvalue weighted by Crippen LogP contribution is -2.18. The summed E-state index contributed by atoms with van der Waals surface area (Å²) in [5, 5.41) is 3.35. The van der Waals surface area contributed by atoms with E-state index in [4.69, 9.17) is 0 Å². The molecule has 0 saturated heterocycles. The maximum Gasteiger partial charge on any atom is 0.250 e. The Hall–Kier alpha value is -2.04. The first-order valence-electron chi connectivity index (χ1n) is 6.73. The van der Waals surface area contributed by atoms with Gasteiger partial charge in [-0.15, -0.1) is 0 Å². The zero-order chi connectivity index (χ0) is 13.2. The predicted molar refractivity (Wildman–Crippen MR) is 74.2 cm³/mol. The molecule has 2 heterocycles. The van der Waals surface area contributed by atoms with Crippen LogP contribution in [0.25, 0.3) is 0 Å². The number of nitrogens with zero attached hydrogens (tertiary/aromatic N) is 3. The fraction of sp³-hybridized carbons (Fsp3) is 0.429. The lowest BCUT2D eigenvalue weighted by atomic mass is 10.3. The van der Waals surface area contributed by atoms with Crippen LogP contribution in [0.2, 0.25) is 0 Å². The Morgan fingerprint density at radius 2 is 2.26 bits per heavy atom. The summed E-state index contributed by atoms with van der Waals surface area (Å²) >= 11 is 0. The first kappa shape index (κ1) is 12.0. The molecular formula is C14H18N4O. The van der Waals surface area contributed by atoms with Crippen molar-refractivity contribution in [3.63, 3.8) is 0 Å². The van der Waals surface area contributed by atoms with Gasteiger partial charge >= 0.3 is 0 Å². The Bertz CT molecular complexity index is 624. The van der Waals surface area contributed by atoms with Crippen LogP contribution in [0.4, 0.5) is 5.69 Å². The molecule has 5 heteroatoms. The second kappa shape index (κ2) is 4.91. The summed E-state index contributed by atoms with van der Waals surface area (Å²) in [4.78, 5) is 15.7. The van der Waals surface area contributed by atoms with Gasteiger partial charge in [0.15, 0.2) is 0 Å². The van der Waals surface area contributed by atoms with Gasteiger partial charge < -0.3 is 14.5 Å². The van der Waals surface area contributed by atoms with Gasteiger partial charge in [0.05, 0.1) is 24.3 Å². The van der Waals surface area contributed by atoms with E-state index >= 15 is 0 Å². The van der Waals surface area contributed by atoms with Crippen molar-refractivity contribution in [2.45, 2.75) is 38.9 Å². The van der Waals surface area contributed by atoms with Crippen molar-refractivity contribution in [3.8, 4) is 0 Å². The van der Waals surface area contributed by atoms with Crippen LogP contribution in [0.3, 0.4) is 0 Å². The van der Waals surface area contributed by atoms with Crippen molar-refractivity contribution >= 4 is 5.69 Å². The van der Waals surface area contributed by atoms with Crippen LogP contribution >= 0.6 is 0 Å². The lowest BCUT2D eigenvalue weighted by molar-refractivity contribution is 0.699. The Morgan fingerprint density at radius 1 is 1.42 bits per heavy atom. The third-order valence-corrected chi connectivity index (χ3v) is 3.48. The molecule has 1 fully saturated rings. The Balaban J connectivity index is 1.71. The molecule has 2 aromatic heterocycles. The summed E-state index contributed by atoms with van der Waals surface area (Å²) < 4.78 is 3.93. The van der Waals surface area contributed by atoms with E-state index < -0.39 is 0 Å². The monoisotopic (exact) mass is 258 g/mol. The van der Waals surface area contributed by atoms with E-state index in [-0.39, 0.29) is 5.56 Å². The van der Waals surface area contributed by atoms with Gasteiger partial charge in [0, 0.05) is 31.0 Å². The van der Waals surface area contributed by atoms with Crippen molar-refractivity contribution < 1.29 is 0 Å². The molecule has 100 valence electrons. The molecule has 0 unspecified atom stereocenters. The second-order valence-corrected chi connectivity index (χ2v) is 4.92. The van der Waals surface area contributed by atoms with Gasteiger partial charge in [0.2, 0.25) is 0 Å². The van der Waals surface area contributed by atoms with E-state index in [9.17, 15) is 4.79 Å². The fourth-order valence-electron chi connectivity index (χ4n) is 2.23. The number of rotatable bonds is 5. The van der Waals surface area contributed by atoms with Gasteiger partial charge in [0.1, 0.15) is 0 Å². The molecule has 0 bridgehead atoms. The first-order valence-corrected chi connectivity index (χ1v) is 6.73. The van der Waals surface area contributed by atoms with Gasteiger partial charge in [-0.25, -0.2) is 4.98 Å². The topological polar surface area (TPSA) is 51.9 Å². The van der Waals surface area contributed by atoms with Crippen molar-refractivity contribution in [1.82, 2.24) is 14.1 Å². The molecule has 2 aromatic rings. The van der Waals surface area contributed by atoms with E-state index in [1.165, 1.54) is 18.5 Å². The zero-order valence-corrected chi connectivity index (χ0v) is 11.0. The number of imidazole rings is 1. The van der Waals surface area contributed by atoms with Crippen LogP contribution < -0.4 is 10.9 Å². The van der Waals surface area contributed by atoms with Crippen LogP contribution in [0, 0.1) is 0 Å². The minimum absolute atomic E-state index is 0.0380. The van der Waals surface area contributed by atoms with Crippen LogP contribution in [-0.2, 0) is 13.1 Å². The van der Waals surface area contributed by atoms with Crippen LogP contribution in [0.15, 0.2) is 35.6 Å². The van der Waals surface area contributed by atoms with Gasteiger partial charge in [-0.05, 0) is 25.8 Å². The molecular weight excluding hydrogens is 240 g/mol. The van der Waals surface area contributed by atoms with Gasteiger partial charge in [-0.2, -0.15) is 0 Å². The standard InChI is InChI=1S/C14H18N4O/c1-2-17-9-11(3-6-14(17)19)16-8-13-7-15-10-18(13)12-4-5-12/h3,6-7,9-10,12,16H,2,4-5,8H2,1H3. The van der Waals surface area contributed by atoms with Crippen molar-refractivity contribution in [3.05, 3.63) is 46.9 Å². The summed E-state index contributed by atoms with van der Waals surface area (Å²) in [7, 11) is 0. The van der Waals surface area contributed by atoms with Crippen LogP contribution in [0.5, 0.6) is 0 Å². The highest BCUT2D eigenvalue weighted by Crippen LogP contribution is 2.35. The van der Waals surface area contributed by atoms with E-state index in [1.807, 2.05) is 31.7 Å². The molecule has 0 amide bonds. The number of nitrogens with one attached hydrogen (secondary N) is 1. The number of anilines is 1. The minimum atomic E-state index is 0.0380. The highest BCUT2D eigenvalue weighted by atomic mass is 16.1. The largest absolute Gasteiger partial charge is 0.378 e. The van der Waals surface area contributed by atoms with Crippen LogP contribution in [0.1, 0.15) is 31.5 Å². The lowest BCUT2D eigenvalue weighted by Gasteiger charge is -2.10. The third-order valence-electron chi connectivity index (χ3n) is 3.48. The molecule has 0 radical (unpaired) electrons. The molecule has 19 heavy (non-hydrogen) atoms. The second-order valence-electron chi connectivity index (χ2n) is 4.92. The maximum atomic E-state index is 11.5. The molecule has 5 nitrogen and oxygen atoms in total. The smallest absolute Gasteiger partial charge is 0.250 e. The SMILES string of the molecule is CCn1cc(NCc2cncn2C2CC2)ccc1=O. The highest BCUT2D eigenvalue weighted by Gasteiger charge is 2.24. The number of hydrogen-bond acceptors (Lipinski definition) is 3. The molecule has 1 aliphatic rings. The molecule has 0 atom stereocenters. The molecule has 1 aliphatic carbocycles. The van der Waals surface area contributed by atoms with Gasteiger partial charge in [0.25, 0.3) is 5.56 Å². The average molecular weight is 258 g/mol. The molecule has 0 aromatic carbocycles. The number of aromatic nitrogens is 3. The Morgan fingerprint density at radius 3 is 3.00 bits per heavy atom. The Kier molecular flexibility index (Phi) is 3.11. The fourth-order valence-corrected chi connectivity index (χ4v) is 2.23. The van der Waals surface area contributed by atoms with E-state index in [0.717, 1.165) is 12.2 Å². The van der Waals surface area contributed by atoms with E-state index in [0.29, 0.717) is 12.6 Å². The molecule has 0 aliphatic heterocycles. The summed E-state index contributed by atoms with van der Waals surface area (Å²) in [6, 6.07) is 4.07. The summed E-state index contributed by atoms with van der Waals surface area (Å²) in [5.74, 6) is 0. The van der Waals surface area contributed by atoms with Crippen molar-refractivity contribution in [2.75, 3.05) is 5.32 Å². The average Bonchev–Trinajstić information content (AvgIpc) is 3.17. The number of hydrogen-bond donors (Lipinski definition) is 1. The predicted octanol–water partition coefficient (Wildman–Crippen LogP) is 2.01. The third kappa shape index (κ3) is 2.54. The maximum absolute atomic E-state index is 11.5.